The van der Waals surface area contributed by atoms with Crippen LogP contribution >= 0.6 is 0 Å². The Balaban J connectivity index is 3.45. The SMILES string of the molecule is CCCCCCCCC(CCCCCCCCCCCC(=O)O)C(=O)O. The highest BCUT2D eigenvalue weighted by Crippen LogP contribution is 2.19. The molecule has 0 bridgehead atoms. The van der Waals surface area contributed by atoms with Crippen LogP contribution in [0.4, 0.5) is 0 Å². The molecule has 1 unspecified atom stereocenters. The van der Waals surface area contributed by atoms with Gasteiger partial charge in [0, 0.05) is 6.42 Å². The van der Waals surface area contributed by atoms with E-state index in [4.69, 9.17) is 5.11 Å². The minimum absolute atomic E-state index is 0.143. The lowest BCUT2D eigenvalue weighted by molar-refractivity contribution is -0.142. The number of carbonyl (C=O) groups is 2. The molecule has 26 heavy (non-hydrogen) atoms. The first-order valence-electron chi connectivity index (χ1n) is 11.0. The molecule has 0 heterocycles. The number of hydrogen-bond donors (Lipinski definition) is 2. The summed E-state index contributed by atoms with van der Waals surface area (Å²) in [5.74, 6) is -1.45. The molecule has 0 amide bonds. The Morgan fingerprint density at radius 3 is 1.38 bits per heavy atom. The van der Waals surface area contributed by atoms with Crippen molar-refractivity contribution in [2.45, 2.75) is 122 Å². The third-order valence-electron chi connectivity index (χ3n) is 5.20. The Hall–Kier alpha value is -1.06. The van der Waals surface area contributed by atoms with E-state index in [1.54, 1.807) is 0 Å². The van der Waals surface area contributed by atoms with Crippen LogP contribution in [0.5, 0.6) is 0 Å². The zero-order valence-electron chi connectivity index (χ0n) is 17.0. The van der Waals surface area contributed by atoms with Crippen molar-refractivity contribution in [3.8, 4) is 0 Å². The van der Waals surface area contributed by atoms with Gasteiger partial charge in [0.25, 0.3) is 0 Å². The van der Waals surface area contributed by atoms with Gasteiger partial charge in [0.1, 0.15) is 0 Å². The van der Waals surface area contributed by atoms with E-state index >= 15 is 0 Å². The number of aliphatic carboxylic acids is 2. The van der Waals surface area contributed by atoms with E-state index < -0.39 is 11.9 Å². The van der Waals surface area contributed by atoms with Crippen LogP contribution in [0.25, 0.3) is 0 Å². The summed E-state index contributed by atoms with van der Waals surface area (Å²) in [7, 11) is 0. The van der Waals surface area contributed by atoms with Crippen molar-refractivity contribution in [3.05, 3.63) is 0 Å². The first-order valence-corrected chi connectivity index (χ1v) is 11.0. The Morgan fingerprint density at radius 1 is 0.615 bits per heavy atom. The molecule has 0 aromatic carbocycles. The highest BCUT2D eigenvalue weighted by molar-refractivity contribution is 5.69. The maximum absolute atomic E-state index is 11.4. The second kappa shape index (κ2) is 18.7. The number of carboxylic acid groups (broad SMARTS) is 2. The topological polar surface area (TPSA) is 74.6 Å². The highest BCUT2D eigenvalue weighted by atomic mass is 16.4. The minimum Gasteiger partial charge on any atom is -0.481 e. The third kappa shape index (κ3) is 17.8. The van der Waals surface area contributed by atoms with Gasteiger partial charge in [-0.2, -0.15) is 0 Å². The third-order valence-corrected chi connectivity index (χ3v) is 5.20. The molecular weight excluding hydrogens is 328 g/mol. The summed E-state index contributed by atoms with van der Waals surface area (Å²) >= 11 is 0. The van der Waals surface area contributed by atoms with Gasteiger partial charge in [0.05, 0.1) is 5.92 Å². The van der Waals surface area contributed by atoms with Gasteiger partial charge in [-0.3, -0.25) is 9.59 Å². The molecule has 0 aromatic heterocycles. The zero-order valence-corrected chi connectivity index (χ0v) is 17.0. The van der Waals surface area contributed by atoms with Gasteiger partial charge in [0.2, 0.25) is 0 Å². The average Bonchev–Trinajstić information content (AvgIpc) is 2.60. The van der Waals surface area contributed by atoms with Gasteiger partial charge >= 0.3 is 11.9 Å². The lowest BCUT2D eigenvalue weighted by atomic mass is 9.94. The normalized spacial score (nSPS) is 12.2. The number of unbranched alkanes of at least 4 members (excludes halogenated alkanes) is 13. The summed E-state index contributed by atoms with van der Waals surface area (Å²) in [5, 5.41) is 17.9. The van der Waals surface area contributed by atoms with Crippen LogP contribution in [0.1, 0.15) is 122 Å². The van der Waals surface area contributed by atoms with E-state index in [9.17, 15) is 14.7 Å². The molecule has 0 aliphatic rings. The Morgan fingerprint density at radius 2 is 1.00 bits per heavy atom. The average molecular weight is 371 g/mol. The van der Waals surface area contributed by atoms with Crippen molar-refractivity contribution in [1.29, 1.82) is 0 Å². The molecule has 0 saturated heterocycles. The fourth-order valence-electron chi connectivity index (χ4n) is 3.47. The zero-order chi connectivity index (χ0) is 19.5. The van der Waals surface area contributed by atoms with Crippen molar-refractivity contribution in [3.63, 3.8) is 0 Å². The number of hydrogen-bond acceptors (Lipinski definition) is 2. The van der Waals surface area contributed by atoms with Gasteiger partial charge < -0.3 is 10.2 Å². The maximum atomic E-state index is 11.4. The van der Waals surface area contributed by atoms with Crippen molar-refractivity contribution in [2.75, 3.05) is 0 Å². The highest BCUT2D eigenvalue weighted by Gasteiger charge is 2.16. The molecule has 154 valence electrons. The molecule has 0 aliphatic carbocycles. The van der Waals surface area contributed by atoms with Crippen LogP contribution in [0.2, 0.25) is 0 Å². The second-order valence-corrected chi connectivity index (χ2v) is 7.71. The maximum Gasteiger partial charge on any atom is 0.306 e. The summed E-state index contributed by atoms with van der Waals surface area (Å²) < 4.78 is 0. The van der Waals surface area contributed by atoms with Crippen LogP contribution in [-0.2, 0) is 9.59 Å². The molecule has 0 fully saturated rings. The molecule has 1 atom stereocenters. The van der Waals surface area contributed by atoms with Crippen molar-refractivity contribution >= 4 is 11.9 Å². The predicted molar refractivity (Wildman–Crippen MR) is 108 cm³/mol. The van der Waals surface area contributed by atoms with Gasteiger partial charge in [-0.15, -0.1) is 0 Å². The lowest BCUT2D eigenvalue weighted by Crippen LogP contribution is -2.13. The van der Waals surface area contributed by atoms with Gasteiger partial charge in [-0.1, -0.05) is 96.8 Å². The summed E-state index contributed by atoms with van der Waals surface area (Å²) in [6.45, 7) is 2.21. The number of carboxylic acids is 2. The standard InChI is InChI=1S/C22H42O4/c1-2-3-4-5-11-14-17-20(22(25)26)18-15-12-9-7-6-8-10-13-16-19-21(23)24/h20H,2-19H2,1H3,(H,23,24)(H,25,26). The monoisotopic (exact) mass is 370 g/mol. The Kier molecular flexibility index (Phi) is 18.0. The fraction of sp³-hybridized carbons (Fsp3) is 0.909. The van der Waals surface area contributed by atoms with Crippen molar-refractivity contribution in [2.24, 2.45) is 5.92 Å². The quantitative estimate of drug-likeness (QED) is 0.231. The van der Waals surface area contributed by atoms with E-state index in [-0.39, 0.29) is 5.92 Å². The van der Waals surface area contributed by atoms with E-state index in [2.05, 4.69) is 6.92 Å². The Labute approximate surface area is 160 Å². The molecule has 0 rings (SSSR count). The second-order valence-electron chi connectivity index (χ2n) is 7.71. The first-order chi connectivity index (χ1) is 12.6. The summed E-state index contributed by atoms with van der Waals surface area (Å²) in [6.07, 6.45) is 19.2. The van der Waals surface area contributed by atoms with Crippen LogP contribution in [0, 0.1) is 5.92 Å². The molecule has 0 aliphatic heterocycles. The lowest BCUT2D eigenvalue weighted by Gasteiger charge is -2.12. The fourth-order valence-corrected chi connectivity index (χ4v) is 3.47. The first kappa shape index (κ1) is 24.9. The molecule has 4 heteroatoms. The van der Waals surface area contributed by atoms with Gasteiger partial charge in [0.15, 0.2) is 0 Å². The number of rotatable bonds is 20. The van der Waals surface area contributed by atoms with E-state index in [1.165, 1.54) is 57.8 Å². The van der Waals surface area contributed by atoms with Crippen LogP contribution in [-0.4, -0.2) is 22.2 Å². The minimum atomic E-state index is -0.693. The molecule has 4 nitrogen and oxygen atoms in total. The van der Waals surface area contributed by atoms with Crippen molar-refractivity contribution in [1.82, 2.24) is 0 Å². The van der Waals surface area contributed by atoms with E-state index in [1.807, 2.05) is 0 Å². The predicted octanol–water partition coefficient (Wildman–Crippen LogP) is 6.81. The van der Waals surface area contributed by atoms with E-state index in [0.29, 0.717) is 6.42 Å². The van der Waals surface area contributed by atoms with Crippen LogP contribution < -0.4 is 0 Å². The van der Waals surface area contributed by atoms with E-state index in [0.717, 1.165) is 51.4 Å². The summed E-state index contributed by atoms with van der Waals surface area (Å²) in [6, 6.07) is 0. The smallest absolute Gasteiger partial charge is 0.306 e. The molecule has 2 N–H and O–H groups in total. The van der Waals surface area contributed by atoms with Crippen LogP contribution in [0.15, 0.2) is 0 Å². The molecule has 0 radical (unpaired) electrons. The van der Waals surface area contributed by atoms with Crippen LogP contribution in [0.3, 0.4) is 0 Å². The Bertz CT molecular complexity index is 341. The summed E-state index contributed by atoms with van der Waals surface area (Å²) in [4.78, 5) is 21.8. The summed E-state index contributed by atoms with van der Waals surface area (Å²) in [5.41, 5.74) is 0. The van der Waals surface area contributed by atoms with Gasteiger partial charge in [-0.05, 0) is 19.3 Å². The molecular formula is C22H42O4. The molecule has 0 spiro atoms. The molecule has 0 saturated carbocycles. The largest absolute Gasteiger partial charge is 0.481 e. The molecule has 0 aromatic rings. The van der Waals surface area contributed by atoms with Crippen molar-refractivity contribution < 1.29 is 19.8 Å². The van der Waals surface area contributed by atoms with Gasteiger partial charge in [-0.25, -0.2) is 0 Å².